The number of carboxylic acids is 1. The van der Waals surface area contributed by atoms with Gasteiger partial charge in [-0.1, -0.05) is 13.8 Å². The Hall–Kier alpha value is -1.23. The number of carboxylic acid groups (broad SMARTS) is 1. The Morgan fingerprint density at radius 3 is 2.65 bits per heavy atom. The molecular weight excluding hydrogens is 324 g/mol. The molecule has 0 fully saturated rings. The van der Waals surface area contributed by atoms with Crippen LogP contribution in [0, 0.1) is 5.41 Å². The molecule has 1 aliphatic heterocycles. The predicted octanol–water partition coefficient (Wildman–Crippen LogP) is 3.95. The topological polar surface area (TPSA) is 55.8 Å². The molecule has 0 amide bonds. The first-order valence-corrected chi connectivity index (χ1v) is 7.37. The Bertz CT molecular complexity index is 549. The number of fused-ring (bicyclic) bond motifs is 1. The van der Waals surface area contributed by atoms with Crippen molar-refractivity contribution in [3.63, 3.8) is 0 Å². The average Bonchev–Trinajstić information content (AvgIpc) is 2.76. The highest BCUT2D eigenvalue weighted by Gasteiger charge is 2.31. The number of carbonyl (C=O) groups is 1. The van der Waals surface area contributed by atoms with Gasteiger partial charge in [-0.2, -0.15) is 0 Å². The summed E-state index contributed by atoms with van der Waals surface area (Å²) >= 11 is 3.58. The molecule has 110 valence electrons. The van der Waals surface area contributed by atoms with E-state index in [1.54, 1.807) is 13.8 Å². The summed E-state index contributed by atoms with van der Waals surface area (Å²) in [7, 11) is 0. The van der Waals surface area contributed by atoms with Gasteiger partial charge in [-0.25, -0.2) is 0 Å². The van der Waals surface area contributed by atoms with Gasteiger partial charge in [0.15, 0.2) is 11.5 Å². The van der Waals surface area contributed by atoms with Gasteiger partial charge >= 0.3 is 5.97 Å². The van der Waals surface area contributed by atoms with Crippen LogP contribution in [0.4, 0.5) is 0 Å². The number of halogens is 1. The Morgan fingerprint density at radius 2 is 2.10 bits per heavy atom. The van der Waals surface area contributed by atoms with Gasteiger partial charge in [-0.15, -0.1) is 0 Å². The maximum Gasteiger partial charge on any atom is 0.309 e. The van der Waals surface area contributed by atoms with E-state index in [2.05, 4.69) is 29.8 Å². The van der Waals surface area contributed by atoms with Gasteiger partial charge < -0.3 is 14.6 Å². The number of rotatable bonds is 4. The molecule has 0 saturated carbocycles. The molecule has 1 N–H and O–H groups in total. The van der Waals surface area contributed by atoms with Crippen molar-refractivity contribution < 1.29 is 19.4 Å². The molecule has 0 unspecified atom stereocenters. The lowest BCUT2D eigenvalue weighted by Crippen LogP contribution is -2.26. The maximum atomic E-state index is 11.4. The van der Waals surface area contributed by atoms with Gasteiger partial charge in [0.1, 0.15) is 0 Å². The van der Waals surface area contributed by atoms with Crippen LogP contribution in [0.2, 0.25) is 0 Å². The summed E-state index contributed by atoms with van der Waals surface area (Å²) in [5.41, 5.74) is 1.25. The Kier molecular flexibility index (Phi) is 4.00. The summed E-state index contributed by atoms with van der Waals surface area (Å²) in [4.78, 5) is 11.4. The predicted molar refractivity (Wildman–Crippen MR) is 79.5 cm³/mol. The van der Waals surface area contributed by atoms with Gasteiger partial charge in [0.05, 0.1) is 9.89 Å². The van der Waals surface area contributed by atoms with Gasteiger partial charge in [-0.3, -0.25) is 4.79 Å². The van der Waals surface area contributed by atoms with Crippen LogP contribution in [0.3, 0.4) is 0 Å². The number of hydrogen-bond acceptors (Lipinski definition) is 3. The highest BCUT2D eigenvalue weighted by atomic mass is 79.9. The molecule has 0 aromatic heterocycles. The van der Waals surface area contributed by atoms with Crippen LogP contribution in [0.25, 0.3) is 0 Å². The third-order valence-electron chi connectivity index (χ3n) is 3.52. The van der Waals surface area contributed by atoms with Gasteiger partial charge in [-0.05, 0) is 59.3 Å². The molecule has 4 nitrogen and oxygen atoms in total. The first-order valence-electron chi connectivity index (χ1n) is 6.58. The summed E-state index contributed by atoms with van der Waals surface area (Å²) in [5, 5.41) is 9.33. The maximum absolute atomic E-state index is 11.4. The van der Waals surface area contributed by atoms with E-state index in [1.165, 1.54) is 0 Å². The SMILES string of the molecule is CC(C)c1c(CC(C)(C)C(=O)O)cc2c(c1Br)OCO2. The van der Waals surface area contributed by atoms with Crippen molar-refractivity contribution in [2.24, 2.45) is 5.41 Å². The molecule has 0 saturated heterocycles. The van der Waals surface area contributed by atoms with Gasteiger partial charge in [0.2, 0.25) is 6.79 Å². The minimum Gasteiger partial charge on any atom is -0.481 e. The molecule has 2 rings (SSSR count). The van der Waals surface area contributed by atoms with Crippen LogP contribution < -0.4 is 9.47 Å². The lowest BCUT2D eigenvalue weighted by molar-refractivity contribution is -0.146. The van der Waals surface area contributed by atoms with E-state index in [0.29, 0.717) is 17.9 Å². The molecular formula is C15H19BrO4. The van der Waals surface area contributed by atoms with E-state index in [1.807, 2.05) is 6.07 Å². The second kappa shape index (κ2) is 5.28. The van der Waals surface area contributed by atoms with Gasteiger partial charge in [0, 0.05) is 0 Å². The number of benzene rings is 1. The second-order valence-electron chi connectivity index (χ2n) is 6.02. The van der Waals surface area contributed by atoms with E-state index in [-0.39, 0.29) is 12.7 Å². The number of hydrogen-bond donors (Lipinski definition) is 1. The lowest BCUT2D eigenvalue weighted by atomic mass is 9.82. The molecule has 0 atom stereocenters. The molecule has 5 heteroatoms. The second-order valence-corrected chi connectivity index (χ2v) is 6.81. The standard InChI is InChI=1S/C15H19BrO4/c1-8(2)11-9(6-15(3,4)14(17)18)5-10-13(12(11)16)20-7-19-10/h5,8H,6-7H2,1-4H3,(H,17,18). The molecule has 1 heterocycles. The molecule has 20 heavy (non-hydrogen) atoms. The van der Waals surface area contributed by atoms with Crippen molar-refractivity contribution in [2.45, 2.75) is 40.0 Å². The number of aliphatic carboxylic acids is 1. The summed E-state index contributed by atoms with van der Waals surface area (Å²) < 4.78 is 11.8. The first kappa shape index (κ1) is 15.2. The third-order valence-corrected chi connectivity index (χ3v) is 4.30. The van der Waals surface area contributed by atoms with E-state index in [9.17, 15) is 9.90 Å². The minimum atomic E-state index is -0.823. The minimum absolute atomic E-state index is 0.206. The third kappa shape index (κ3) is 2.64. The van der Waals surface area contributed by atoms with E-state index in [4.69, 9.17) is 9.47 Å². The zero-order valence-corrected chi connectivity index (χ0v) is 13.7. The van der Waals surface area contributed by atoms with Crippen molar-refractivity contribution in [2.75, 3.05) is 6.79 Å². The fraction of sp³-hybridized carbons (Fsp3) is 0.533. The van der Waals surface area contributed by atoms with Crippen LogP contribution in [0.5, 0.6) is 11.5 Å². The van der Waals surface area contributed by atoms with Crippen LogP contribution >= 0.6 is 15.9 Å². The van der Waals surface area contributed by atoms with E-state index < -0.39 is 11.4 Å². The quantitative estimate of drug-likeness (QED) is 0.899. The van der Waals surface area contributed by atoms with Crippen LogP contribution in [-0.2, 0) is 11.2 Å². The largest absolute Gasteiger partial charge is 0.481 e. The lowest BCUT2D eigenvalue weighted by Gasteiger charge is -2.23. The number of ether oxygens (including phenoxy) is 2. The molecule has 1 aromatic carbocycles. The zero-order chi connectivity index (χ0) is 15.1. The smallest absolute Gasteiger partial charge is 0.309 e. The molecule has 0 spiro atoms. The molecule has 0 aliphatic carbocycles. The normalized spacial score (nSPS) is 13.9. The molecule has 1 aliphatic rings. The average molecular weight is 343 g/mol. The van der Waals surface area contributed by atoms with Gasteiger partial charge in [0.25, 0.3) is 0 Å². The molecule has 0 bridgehead atoms. The highest BCUT2D eigenvalue weighted by molar-refractivity contribution is 9.10. The van der Waals surface area contributed by atoms with Crippen molar-refractivity contribution >= 4 is 21.9 Å². The molecule has 0 radical (unpaired) electrons. The van der Waals surface area contributed by atoms with Crippen molar-refractivity contribution in [1.82, 2.24) is 0 Å². The zero-order valence-electron chi connectivity index (χ0n) is 12.1. The van der Waals surface area contributed by atoms with E-state index >= 15 is 0 Å². The Labute approximate surface area is 127 Å². The van der Waals surface area contributed by atoms with Crippen LogP contribution in [0.1, 0.15) is 44.7 Å². The fourth-order valence-electron chi connectivity index (χ4n) is 2.39. The highest BCUT2D eigenvalue weighted by Crippen LogP contribution is 2.46. The molecule has 1 aromatic rings. The summed E-state index contributed by atoms with van der Waals surface area (Å²) in [5.74, 6) is 0.850. The summed E-state index contributed by atoms with van der Waals surface area (Å²) in [6.45, 7) is 7.84. The summed E-state index contributed by atoms with van der Waals surface area (Å²) in [6.07, 6.45) is 0.449. The fourth-order valence-corrected chi connectivity index (χ4v) is 3.41. The van der Waals surface area contributed by atoms with Crippen molar-refractivity contribution in [3.05, 3.63) is 21.7 Å². The first-order chi connectivity index (χ1) is 9.24. The van der Waals surface area contributed by atoms with Crippen LogP contribution in [-0.4, -0.2) is 17.9 Å². The Balaban J connectivity index is 2.52. The Morgan fingerprint density at radius 1 is 1.45 bits per heavy atom. The van der Waals surface area contributed by atoms with Crippen molar-refractivity contribution in [3.8, 4) is 11.5 Å². The van der Waals surface area contributed by atoms with Crippen LogP contribution in [0.15, 0.2) is 10.5 Å². The summed E-state index contributed by atoms with van der Waals surface area (Å²) in [6, 6.07) is 1.91. The van der Waals surface area contributed by atoms with E-state index in [0.717, 1.165) is 15.6 Å². The van der Waals surface area contributed by atoms with Crippen molar-refractivity contribution in [1.29, 1.82) is 0 Å². The monoisotopic (exact) mass is 342 g/mol.